The van der Waals surface area contributed by atoms with Gasteiger partial charge in [-0.05, 0) is 37.3 Å². The van der Waals surface area contributed by atoms with Crippen LogP contribution in [0, 0.1) is 5.82 Å². The van der Waals surface area contributed by atoms with Crippen molar-refractivity contribution in [2.24, 2.45) is 0 Å². The maximum absolute atomic E-state index is 13.2. The number of benzene rings is 1. The highest BCUT2D eigenvalue weighted by Crippen LogP contribution is 2.16. The van der Waals surface area contributed by atoms with Gasteiger partial charge in [0.1, 0.15) is 5.82 Å². The van der Waals surface area contributed by atoms with Crippen LogP contribution in [0.1, 0.15) is 12.6 Å². The number of anilines is 2. The van der Waals surface area contributed by atoms with Crippen LogP contribution in [0.25, 0.3) is 0 Å². The molecule has 0 bridgehead atoms. The van der Waals surface area contributed by atoms with Crippen molar-refractivity contribution in [2.75, 3.05) is 17.2 Å². The predicted molar refractivity (Wildman–Crippen MR) is 76.8 cm³/mol. The molecule has 0 spiro atoms. The summed E-state index contributed by atoms with van der Waals surface area (Å²) in [5.74, 6) is -0.491. The van der Waals surface area contributed by atoms with Crippen molar-refractivity contribution in [3.63, 3.8) is 0 Å². The fraction of sp³-hybridized carbons (Fsp3) is 0.200. The van der Waals surface area contributed by atoms with Crippen LogP contribution < -0.4 is 10.6 Å². The topological polar surface area (TPSA) is 59.2 Å². The Labute approximate surface area is 117 Å². The van der Waals surface area contributed by atoms with Crippen molar-refractivity contribution in [3.8, 4) is 0 Å². The number of nitrogens with zero attached hydrogens (tertiary/aromatic N) is 2. The van der Waals surface area contributed by atoms with Gasteiger partial charge in [-0.2, -0.15) is 0 Å². The first-order valence-corrected chi connectivity index (χ1v) is 6.36. The number of amides is 1. The molecule has 2 N–H and O–H groups in total. The van der Waals surface area contributed by atoms with Gasteiger partial charge in [0.2, 0.25) is 5.91 Å². The summed E-state index contributed by atoms with van der Waals surface area (Å²) >= 11 is 0. The lowest BCUT2D eigenvalue weighted by molar-refractivity contribution is -0.118. The lowest BCUT2D eigenvalue weighted by Gasteiger charge is -2.21. The molecule has 1 heterocycles. The smallest absolute Gasteiger partial charge is 0.232 e. The molecule has 0 atom stereocenters. The van der Waals surface area contributed by atoms with Crippen LogP contribution >= 0.6 is 0 Å². The molecule has 20 heavy (non-hydrogen) atoms. The minimum Gasteiger partial charge on any atom is -0.397 e. The zero-order valence-corrected chi connectivity index (χ0v) is 11.2. The highest BCUT2D eigenvalue weighted by atomic mass is 19.1. The quantitative estimate of drug-likeness (QED) is 0.930. The SMILES string of the molecule is CCN(C(=O)Cc1ccc(N)cn1)c1cccc(F)c1. The number of likely N-dealkylation sites (N-methyl/N-ethyl adjacent to an activating group) is 1. The van der Waals surface area contributed by atoms with E-state index in [0.29, 0.717) is 23.6 Å². The zero-order valence-electron chi connectivity index (χ0n) is 11.2. The largest absolute Gasteiger partial charge is 0.397 e. The van der Waals surface area contributed by atoms with Gasteiger partial charge < -0.3 is 10.6 Å². The fourth-order valence-electron chi connectivity index (χ4n) is 1.94. The summed E-state index contributed by atoms with van der Waals surface area (Å²) in [6, 6.07) is 9.41. The Balaban J connectivity index is 2.15. The molecule has 2 rings (SSSR count). The maximum Gasteiger partial charge on any atom is 0.232 e. The van der Waals surface area contributed by atoms with Crippen molar-refractivity contribution in [3.05, 3.63) is 54.1 Å². The number of halogens is 1. The number of nitrogens with two attached hydrogens (primary N) is 1. The van der Waals surface area contributed by atoms with Crippen molar-refractivity contribution >= 4 is 17.3 Å². The third kappa shape index (κ3) is 3.32. The van der Waals surface area contributed by atoms with Gasteiger partial charge in [0.25, 0.3) is 0 Å². The normalized spacial score (nSPS) is 10.3. The molecule has 4 nitrogen and oxygen atoms in total. The van der Waals surface area contributed by atoms with Crippen LogP contribution in [0.3, 0.4) is 0 Å². The van der Waals surface area contributed by atoms with Crippen LogP contribution in [-0.4, -0.2) is 17.4 Å². The number of rotatable bonds is 4. The van der Waals surface area contributed by atoms with E-state index in [4.69, 9.17) is 5.73 Å². The highest BCUT2D eigenvalue weighted by molar-refractivity contribution is 5.94. The number of carbonyl (C=O) groups is 1. The number of hydrogen-bond acceptors (Lipinski definition) is 3. The van der Waals surface area contributed by atoms with Crippen LogP contribution in [0.2, 0.25) is 0 Å². The Kier molecular flexibility index (Phi) is 4.30. The number of pyridine rings is 1. The van der Waals surface area contributed by atoms with E-state index in [1.165, 1.54) is 23.2 Å². The molecule has 0 aliphatic heterocycles. The van der Waals surface area contributed by atoms with E-state index in [9.17, 15) is 9.18 Å². The molecule has 2 aromatic rings. The molecular weight excluding hydrogens is 257 g/mol. The van der Waals surface area contributed by atoms with E-state index in [0.717, 1.165) is 0 Å². The van der Waals surface area contributed by atoms with Gasteiger partial charge in [0.05, 0.1) is 18.3 Å². The van der Waals surface area contributed by atoms with Crippen molar-refractivity contribution < 1.29 is 9.18 Å². The number of aromatic nitrogens is 1. The molecule has 0 aliphatic carbocycles. The van der Waals surface area contributed by atoms with Crippen LogP contribution in [0.15, 0.2) is 42.6 Å². The van der Waals surface area contributed by atoms with Gasteiger partial charge >= 0.3 is 0 Å². The van der Waals surface area contributed by atoms with Gasteiger partial charge in [0.15, 0.2) is 0 Å². The second-order valence-electron chi connectivity index (χ2n) is 4.38. The predicted octanol–water partition coefficient (Wildman–Crippen LogP) is 2.40. The molecule has 0 aliphatic rings. The average molecular weight is 273 g/mol. The molecule has 5 heteroatoms. The molecule has 1 amide bonds. The summed E-state index contributed by atoms with van der Waals surface area (Å²) in [6.45, 7) is 2.32. The zero-order chi connectivity index (χ0) is 14.5. The first-order chi connectivity index (χ1) is 9.60. The molecule has 0 fully saturated rings. The monoisotopic (exact) mass is 273 g/mol. The van der Waals surface area contributed by atoms with Crippen LogP contribution in [0.5, 0.6) is 0 Å². The minimum absolute atomic E-state index is 0.129. The van der Waals surface area contributed by atoms with E-state index in [2.05, 4.69) is 4.98 Å². The van der Waals surface area contributed by atoms with Gasteiger partial charge in [-0.25, -0.2) is 4.39 Å². The van der Waals surface area contributed by atoms with Gasteiger partial charge in [-0.1, -0.05) is 6.07 Å². The van der Waals surface area contributed by atoms with Gasteiger partial charge in [0, 0.05) is 17.9 Å². The highest BCUT2D eigenvalue weighted by Gasteiger charge is 2.15. The van der Waals surface area contributed by atoms with Crippen molar-refractivity contribution in [1.29, 1.82) is 0 Å². The Hall–Kier alpha value is -2.43. The number of hydrogen-bond donors (Lipinski definition) is 1. The lowest BCUT2D eigenvalue weighted by Crippen LogP contribution is -2.32. The Bertz CT molecular complexity index is 598. The summed E-state index contributed by atoms with van der Waals surface area (Å²) in [4.78, 5) is 17.9. The molecular formula is C15H16FN3O. The van der Waals surface area contributed by atoms with Gasteiger partial charge in [-0.15, -0.1) is 0 Å². The first kappa shape index (κ1) is 14.0. The Morgan fingerprint density at radius 1 is 1.35 bits per heavy atom. The Morgan fingerprint density at radius 3 is 2.75 bits per heavy atom. The van der Waals surface area contributed by atoms with Gasteiger partial charge in [-0.3, -0.25) is 9.78 Å². The van der Waals surface area contributed by atoms with E-state index >= 15 is 0 Å². The molecule has 104 valence electrons. The van der Waals surface area contributed by atoms with E-state index < -0.39 is 0 Å². The molecule has 0 saturated carbocycles. The maximum atomic E-state index is 13.2. The summed E-state index contributed by atoms with van der Waals surface area (Å²) in [6.07, 6.45) is 1.67. The molecule has 1 aromatic carbocycles. The number of carbonyl (C=O) groups excluding carboxylic acids is 1. The Morgan fingerprint density at radius 2 is 2.15 bits per heavy atom. The number of nitrogen functional groups attached to an aromatic ring is 1. The van der Waals surface area contributed by atoms with Crippen molar-refractivity contribution in [2.45, 2.75) is 13.3 Å². The third-order valence-electron chi connectivity index (χ3n) is 2.92. The fourth-order valence-corrected chi connectivity index (χ4v) is 1.94. The molecule has 0 radical (unpaired) electrons. The average Bonchev–Trinajstić information content (AvgIpc) is 2.42. The minimum atomic E-state index is -0.362. The molecule has 1 aromatic heterocycles. The summed E-state index contributed by atoms with van der Waals surface area (Å²) in [7, 11) is 0. The van der Waals surface area contributed by atoms with E-state index in [-0.39, 0.29) is 18.1 Å². The second kappa shape index (κ2) is 6.14. The standard InChI is InChI=1S/C15H16FN3O/c1-2-19(14-5-3-4-11(16)8-14)15(20)9-13-7-6-12(17)10-18-13/h3-8,10H,2,9,17H2,1H3. The summed E-state index contributed by atoms with van der Waals surface area (Å²) < 4.78 is 13.2. The molecule has 0 saturated heterocycles. The van der Waals surface area contributed by atoms with E-state index in [1.54, 1.807) is 24.3 Å². The second-order valence-corrected chi connectivity index (χ2v) is 4.38. The lowest BCUT2D eigenvalue weighted by atomic mass is 10.2. The van der Waals surface area contributed by atoms with Crippen molar-refractivity contribution in [1.82, 2.24) is 4.98 Å². The summed E-state index contributed by atoms with van der Waals surface area (Å²) in [5.41, 5.74) is 7.29. The van der Waals surface area contributed by atoms with E-state index in [1.807, 2.05) is 6.92 Å². The van der Waals surface area contributed by atoms with Crippen LogP contribution in [-0.2, 0) is 11.2 Å². The molecule has 0 unspecified atom stereocenters. The third-order valence-corrected chi connectivity index (χ3v) is 2.92. The first-order valence-electron chi connectivity index (χ1n) is 6.36. The van der Waals surface area contributed by atoms with Crippen LogP contribution in [0.4, 0.5) is 15.8 Å². The summed E-state index contributed by atoms with van der Waals surface area (Å²) in [5, 5.41) is 0.